The molecule has 1 radical (unpaired) electrons. The Morgan fingerprint density at radius 3 is 2.07 bits per heavy atom. The normalized spacial score (nSPS) is 11.6. The minimum Gasteiger partial charge on any atom is -0.433 e. The number of hydrogen-bond acceptors (Lipinski definition) is 4. The van der Waals surface area contributed by atoms with Crippen molar-refractivity contribution < 1.29 is 14.0 Å². The second-order valence-electron chi connectivity index (χ2n) is 3.48. The van der Waals surface area contributed by atoms with Crippen molar-refractivity contribution >= 4 is 16.5 Å². The molecule has 0 aromatic rings. The fourth-order valence-electron chi connectivity index (χ4n) is 0.445. The van der Waals surface area contributed by atoms with Gasteiger partial charge in [0.2, 0.25) is 0 Å². The summed E-state index contributed by atoms with van der Waals surface area (Å²) in [5.41, 5.74) is 0.377. The van der Waals surface area contributed by atoms with Gasteiger partial charge in [0.15, 0.2) is 16.8 Å². The first-order chi connectivity index (χ1) is 6.84. The van der Waals surface area contributed by atoms with Crippen LogP contribution >= 0.6 is 0 Å². The van der Waals surface area contributed by atoms with Crippen LogP contribution in [0.5, 0.6) is 0 Å². The quantitative estimate of drug-likeness (QED) is 0.299. The summed E-state index contributed by atoms with van der Waals surface area (Å²) in [6.45, 7) is 8.59. The molecule has 89 valence electrons. The van der Waals surface area contributed by atoms with Crippen molar-refractivity contribution in [2.45, 2.75) is 19.6 Å². The molecule has 0 aliphatic carbocycles. The molecule has 15 heavy (non-hydrogen) atoms. The van der Waals surface area contributed by atoms with E-state index in [9.17, 15) is 4.79 Å². The van der Waals surface area contributed by atoms with Gasteiger partial charge in [-0.25, -0.2) is 4.79 Å². The maximum Gasteiger partial charge on any atom is 0.335 e. The van der Waals surface area contributed by atoms with Crippen LogP contribution < -0.4 is 0 Å². The van der Waals surface area contributed by atoms with E-state index in [0.29, 0.717) is 22.5 Å². The van der Waals surface area contributed by atoms with Gasteiger partial charge in [-0.3, -0.25) is 0 Å². The molecule has 0 heterocycles. The van der Waals surface area contributed by atoms with Gasteiger partial charge in [-0.2, -0.15) is 0 Å². The highest BCUT2D eigenvalue weighted by molar-refractivity contribution is 5.98. The Morgan fingerprint density at radius 2 is 1.87 bits per heavy atom. The third-order valence-electron chi connectivity index (χ3n) is 1.09. The lowest BCUT2D eigenvalue weighted by Gasteiger charge is -2.13. The van der Waals surface area contributed by atoms with Crippen molar-refractivity contribution in [2.24, 2.45) is 0 Å². The van der Waals surface area contributed by atoms with E-state index in [1.165, 1.54) is 0 Å². The first-order valence-corrected chi connectivity index (χ1v) is 5.46. The summed E-state index contributed by atoms with van der Waals surface area (Å²) in [5.74, 6) is -0.422. The molecule has 0 bridgehead atoms. The van der Waals surface area contributed by atoms with E-state index in [4.69, 9.17) is 9.16 Å². The molecule has 1 unspecified atom stereocenters. The molecule has 0 fully saturated rings. The van der Waals surface area contributed by atoms with Gasteiger partial charge in [0.25, 0.3) is 0 Å². The van der Waals surface area contributed by atoms with E-state index >= 15 is 0 Å². The zero-order chi connectivity index (χ0) is 12.4. The van der Waals surface area contributed by atoms with E-state index in [-0.39, 0.29) is 0 Å². The van der Waals surface area contributed by atoms with Gasteiger partial charge >= 0.3 is 5.97 Å². The smallest absolute Gasteiger partial charge is 0.335 e. The molecular weight excluding hydrogens is 210 g/mol. The third kappa shape index (κ3) is 13.3. The molecule has 4 nitrogen and oxygen atoms in total. The zero-order valence-corrected chi connectivity index (χ0v) is 12.4. The highest BCUT2D eigenvalue weighted by atomic mass is 28.2. The summed E-state index contributed by atoms with van der Waals surface area (Å²) in [6.07, 6.45) is -0.0615. The first kappa shape index (κ1) is 16.8. The molecule has 0 amide bonds. The number of carbonyl (C=O) groups excluding carboxylic acids is 1. The van der Waals surface area contributed by atoms with Crippen LogP contribution in [-0.2, 0) is 14.0 Å². The molecule has 0 aromatic carbocycles. The Balaban J connectivity index is 0. The fraction of sp³-hybridized carbons (Fsp3) is 0.600. The number of hydrogen-bond donors (Lipinski definition) is 0. The molecule has 0 N–H and O–H groups in total. The van der Waals surface area contributed by atoms with E-state index in [0.717, 1.165) is 0 Å². The second kappa shape index (κ2) is 9.89. The van der Waals surface area contributed by atoms with Crippen LogP contribution in [0.2, 0.25) is 0 Å². The highest BCUT2D eigenvalue weighted by Gasteiger charge is 2.10. The van der Waals surface area contributed by atoms with Crippen molar-refractivity contribution in [1.82, 2.24) is 4.90 Å². The predicted molar refractivity (Wildman–Crippen MR) is 65.3 cm³/mol. The summed E-state index contributed by atoms with van der Waals surface area (Å²) >= 11 is 0. The summed E-state index contributed by atoms with van der Waals surface area (Å²) < 4.78 is 9.73. The largest absolute Gasteiger partial charge is 0.433 e. The SMILES string of the molecule is CN(C)C.[CH2]CC(O[SiH3])OC(=O)C(=C)C. The van der Waals surface area contributed by atoms with Crippen molar-refractivity contribution in [2.75, 3.05) is 21.1 Å². The molecule has 0 saturated carbocycles. The minimum atomic E-state index is -0.495. The number of carbonyl (C=O) groups is 1. The van der Waals surface area contributed by atoms with E-state index in [1.807, 2.05) is 26.0 Å². The maximum absolute atomic E-state index is 10.9. The summed E-state index contributed by atoms with van der Waals surface area (Å²) in [4.78, 5) is 12.9. The third-order valence-corrected chi connectivity index (χ3v) is 1.61. The van der Waals surface area contributed by atoms with Crippen LogP contribution in [0.25, 0.3) is 0 Å². The van der Waals surface area contributed by atoms with Crippen LogP contribution in [0.15, 0.2) is 12.2 Å². The average molecular weight is 232 g/mol. The lowest BCUT2D eigenvalue weighted by Crippen LogP contribution is -2.19. The molecule has 0 aliphatic rings. The van der Waals surface area contributed by atoms with Crippen LogP contribution in [0.1, 0.15) is 13.3 Å². The number of nitrogens with zero attached hydrogens (tertiary/aromatic N) is 1. The van der Waals surface area contributed by atoms with E-state index in [1.54, 1.807) is 6.92 Å². The van der Waals surface area contributed by atoms with Gasteiger partial charge in [-0.1, -0.05) is 6.58 Å². The lowest BCUT2D eigenvalue weighted by atomic mass is 10.3. The molecule has 1 atom stereocenters. The Hall–Kier alpha value is -0.653. The Morgan fingerprint density at radius 1 is 1.47 bits per heavy atom. The summed E-state index contributed by atoms with van der Waals surface area (Å²) in [5, 5.41) is 0. The summed E-state index contributed by atoms with van der Waals surface area (Å²) in [7, 11) is 6.54. The van der Waals surface area contributed by atoms with Gasteiger partial charge < -0.3 is 14.1 Å². The van der Waals surface area contributed by atoms with Crippen LogP contribution in [0.3, 0.4) is 0 Å². The van der Waals surface area contributed by atoms with Gasteiger partial charge in [0.05, 0.1) is 0 Å². The molecular formula is C10H22NO3Si. The van der Waals surface area contributed by atoms with Crippen molar-refractivity contribution in [3.63, 3.8) is 0 Å². The zero-order valence-electron chi connectivity index (χ0n) is 10.4. The Kier molecular flexibility index (Phi) is 11.0. The first-order valence-electron chi connectivity index (χ1n) is 4.64. The highest BCUT2D eigenvalue weighted by Crippen LogP contribution is 2.01. The standard InChI is InChI=1S/C7H13O3Si.C3H9N/c1-4-6(10-11)9-7(8)5(2)3;1-4(2)3/h6H,1-2,4H2,3,11H3;1-3H3. The topological polar surface area (TPSA) is 38.8 Å². The van der Waals surface area contributed by atoms with Crippen molar-refractivity contribution in [3.05, 3.63) is 19.1 Å². The molecule has 5 heteroatoms. The Labute approximate surface area is 95.8 Å². The van der Waals surface area contributed by atoms with E-state index in [2.05, 4.69) is 13.5 Å². The van der Waals surface area contributed by atoms with Crippen LogP contribution in [0.4, 0.5) is 0 Å². The second-order valence-corrected chi connectivity index (χ2v) is 3.95. The van der Waals surface area contributed by atoms with E-state index < -0.39 is 12.3 Å². The van der Waals surface area contributed by atoms with Crippen molar-refractivity contribution in [1.29, 1.82) is 0 Å². The molecule has 0 rings (SSSR count). The van der Waals surface area contributed by atoms with Gasteiger partial charge in [0, 0.05) is 12.0 Å². The van der Waals surface area contributed by atoms with Gasteiger partial charge in [-0.05, 0) is 35.0 Å². The lowest BCUT2D eigenvalue weighted by molar-refractivity contribution is -0.157. The number of esters is 1. The predicted octanol–water partition coefficient (Wildman–Crippen LogP) is 0.131. The number of rotatable bonds is 4. The molecule has 0 saturated heterocycles. The van der Waals surface area contributed by atoms with Gasteiger partial charge in [0.1, 0.15) is 0 Å². The maximum atomic E-state index is 10.9. The van der Waals surface area contributed by atoms with Crippen LogP contribution in [-0.4, -0.2) is 48.8 Å². The Bertz CT molecular complexity index is 188. The molecule has 0 spiro atoms. The monoisotopic (exact) mass is 232 g/mol. The molecule has 0 aromatic heterocycles. The fourth-order valence-corrected chi connectivity index (χ4v) is 0.777. The van der Waals surface area contributed by atoms with Gasteiger partial charge in [-0.15, -0.1) is 0 Å². The number of ether oxygens (including phenoxy) is 1. The average Bonchev–Trinajstić information content (AvgIpc) is 2.12. The summed E-state index contributed by atoms with van der Waals surface area (Å²) in [6, 6.07) is 0. The van der Waals surface area contributed by atoms with Crippen LogP contribution in [0, 0.1) is 6.92 Å². The van der Waals surface area contributed by atoms with Crippen molar-refractivity contribution in [3.8, 4) is 0 Å². The molecule has 0 aliphatic heterocycles. The minimum absolute atomic E-state index is 0.377.